The van der Waals surface area contributed by atoms with Crippen LogP contribution in [0.4, 0.5) is 10.1 Å². The van der Waals surface area contributed by atoms with E-state index in [-0.39, 0.29) is 5.82 Å². The van der Waals surface area contributed by atoms with Crippen LogP contribution in [0.25, 0.3) is 16.6 Å². The van der Waals surface area contributed by atoms with Gasteiger partial charge in [-0.2, -0.15) is 0 Å². The number of aromatic nitrogens is 1. The molecule has 0 saturated heterocycles. The van der Waals surface area contributed by atoms with Crippen molar-refractivity contribution in [1.29, 1.82) is 0 Å². The molecule has 4 nitrogen and oxygen atoms in total. The number of rotatable bonds is 5. The monoisotopic (exact) mass is 446 g/mol. The van der Waals surface area contributed by atoms with E-state index in [1.165, 1.54) is 12.1 Å². The van der Waals surface area contributed by atoms with E-state index in [9.17, 15) is 12.8 Å². The van der Waals surface area contributed by atoms with E-state index in [0.717, 1.165) is 39.5 Å². The number of halogens is 1. The average molecular weight is 447 g/mol. The number of hydrogen-bond acceptors (Lipinski definition) is 2. The molecule has 0 bridgehead atoms. The molecule has 1 heterocycles. The van der Waals surface area contributed by atoms with E-state index in [0.29, 0.717) is 5.69 Å². The van der Waals surface area contributed by atoms with Gasteiger partial charge in [0.1, 0.15) is 5.82 Å². The van der Waals surface area contributed by atoms with Crippen LogP contribution in [0.5, 0.6) is 0 Å². The van der Waals surface area contributed by atoms with Gasteiger partial charge in [-0.3, -0.25) is 4.72 Å². The molecule has 162 valence electrons. The molecule has 4 aromatic rings. The van der Waals surface area contributed by atoms with Gasteiger partial charge in [-0.05, 0) is 59.7 Å². The summed E-state index contributed by atoms with van der Waals surface area (Å²) >= 11 is 0. The van der Waals surface area contributed by atoms with Crippen molar-refractivity contribution in [2.24, 2.45) is 0 Å². The highest BCUT2D eigenvalue weighted by Crippen LogP contribution is 2.34. The van der Waals surface area contributed by atoms with Crippen LogP contribution in [0.2, 0.25) is 0 Å². The summed E-state index contributed by atoms with van der Waals surface area (Å²) in [5, 5.41) is 0.967. The summed E-state index contributed by atoms with van der Waals surface area (Å²) in [7, 11) is -3.39. The normalized spacial score (nSPS) is 12.0. The van der Waals surface area contributed by atoms with Crippen LogP contribution in [0.15, 0.2) is 72.9 Å². The Hall–Kier alpha value is -3.56. The predicted molar refractivity (Wildman–Crippen MR) is 128 cm³/mol. The van der Waals surface area contributed by atoms with Crippen molar-refractivity contribution in [3.8, 4) is 18.0 Å². The molecule has 0 aliphatic carbocycles. The lowest BCUT2D eigenvalue weighted by molar-refractivity contribution is 0.606. The summed E-state index contributed by atoms with van der Waals surface area (Å²) in [6, 6.07) is 19.8. The van der Waals surface area contributed by atoms with Crippen LogP contribution in [0, 0.1) is 18.2 Å². The minimum Gasteiger partial charge on any atom is -0.316 e. The Morgan fingerprint density at radius 2 is 1.69 bits per heavy atom. The molecular weight excluding hydrogens is 423 g/mol. The van der Waals surface area contributed by atoms with Gasteiger partial charge in [-0.1, -0.05) is 38.0 Å². The van der Waals surface area contributed by atoms with Crippen LogP contribution in [-0.2, 0) is 15.4 Å². The molecule has 3 aromatic carbocycles. The fourth-order valence-corrected chi connectivity index (χ4v) is 4.41. The third-order valence-corrected chi connectivity index (χ3v) is 6.25. The van der Waals surface area contributed by atoms with Gasteiger partial charge in [0, 0.05) is 28.2 Å². The number of sulfonamides is 1. The number of hydrogen-bond donors (Lipinski definition) is 1. The molecule has 1 aromatic heterocycles. The summed E-state index contributed by atoms with van der Waals surface area (Å²) in [6.07, 6.45) is 8.81. The van der Waals surface area contributed by atoms with E-state index >= 15 is 0 Å². The highest BCUT2D eigenvalue weighted by atomic mass is 32.2. The van der Waals surface area contributed by atoms with E-state index in [1.54, 1.807) is 24.3 Å². The molecule has 4 rings (SSSR count). The lowest BCUT2D eigenvalue weighted by Crippen LogP contribution is -2.19. The SMILES string of the molecule is C#Cc1cc(-n2ccc3ccc(NS(C)(=O)=O)cc32)cc(C(C)(C)c2ccc(F)cc2)c1. The molecule has 0 saturated carbocycles. The standard InChI is InChI=1S/C26H23FN2O2S/c1-5-18-14-21(26(2,3)20-7-9-22(27)10-8-20)16-24(15-18)29-13-12-19-6-11-23(17-25(19)29)28-32(4,30)31/h1,6-17,28H,2-4H3. The number of benzene rings is 3. The zero-order valence-corrected chi connectivity index (χ0v) is 18.9. The first-order valence-corrected chi connectivity index (χ1v) is 11.9. The summed E-state index contributed by atoms with van der Waals surface area (Å²) in [6.45, 7) is 4.14. The quantitative estimate of drug-likeness (QED) is 0.415. The Labute approximate surface area is 187 Å². The predicted octanol–water partition coefficient (Wildman–Crippen LogP) is 5.45. The topological polar surface area (TPSA) is 51.1 Å². The number of nitrogens with one attached hydrogen (secondary N) is 1. The number of anilines is 1. The number of nitrogens with zero attached hydrogens (tertiary/aromatic N) is 1. The van der Waals surface area contributed by atoms with E-state index in [2.05, 4.69) is 30.6 Å². The van der Waals surface area contributed by atoms with Crippen molar-refractivity contribution in [3.63, 3.8) is 0 Å². The number of fused-ring (bicyclic) bond motifs is 1. The zero-order valence-electron chi connectivity index (χ0n) is 18.1. The van der Waals surface area contributed by atoms with Gasteiger partial charge >= 0.3 is 0 Å². The minimum atomic E-state index is -3.39. The van der Waals surface area contributed by atoms with Gasteiger partial charge in [0.25, 0.3) is 0 Å². The Bertz CT molecular complexity index is 1460. The molecule has 0 radical (unpaired) electrons. The lowest BCUT2D eigenvalue weighted by Gasteiger charge is -2.27. The van der Waals surface area contributed by atoms with Crippen LogP contribution in [0.3, 0.4) is 0 Å². The first kappa shape index (κ1) is 21.7. The Kier molecular flexibility index (Phi) is 5.31. The van der Waals surface area contributed by atoms with Crippen LogP contribution in [-0.4, -0.2) is 19.2 Å². The fourth-order valence-electron chi connectivity index (χ4n) is 3.86. The second kappa shape index (κ2) is 7.85. The molecule has 0 fully saturated rings. The molecule has 0 amide bonds. The lowest BCUT2D eigenvalue weighted by atomic mass is 9.77. The summed E-state index contributed by atoms with van der Waals surface area (Å²) in [4.78, 5) is 0. The minimum absolute atomic E-state index is 0.278. The third-order valence-electron chi connectivity index (χ3n) is 5.65. The van der Waals surface area contributed by atoms with Gasteiger partial charge in [-0.15, -0.1) is 6.42 Å². The maximum atomic E-state index is 13.5. The summed E-state index contributed by atoms with van der Waals surface area (Å²) in [5.41, 5.74) is 4.45. The van der Waals surface area contributed by atoms with Crippen molar-refractivity contribution in [1.82, 2.24) is 4.57 Å². The van der Waals surface area contributed by atoms with Crippen molar-refractivity contribution < 1.29 is 12.8 Å². The Morgan fingerprint density at radius 3 is 2.34 bits per heavy atom. The smallest absolute Gasteiger partial charge is 0.229 e. The van der Waals surface area contributed by atoms with E-state index < -0.39 is 15.4 Å². The largest absolute Gasteiger partial charge is 0.316 e. The van der Waals surface area contributed by atoms with Gasteiger partial charge in [0.05, 0.1) is 17.5 Å². The molecule has 0 spiro atoms. The van der Waals surface area contributed by atoms with E-state index in [1.807, 2.05) is 35.0 Å². The maximum Gasteiger partial charge on any atom is 0.229 e. The van der Waals surface area contributed by atoms with Gasteiger partial charge in [-0.25, -0.2) is 12.8 Å². The zero-order chi connectivity index (χ0) is 23.1. The van der Waals surface area contributed by atoms with Gasteiger partial charge in [0.15, 0.2) is 0 Å². The first-order valence-electron chi connectivity index (χ1n) is 10.0. The van der Waals surface area contributed by atoms with Crippen molar-refractivity contribution in [2.45, 2.75) is 19.3 Å². The number of terminal acetylenes is 1. The summed E-state index contributed by atoms with van der Waals surface area (Å²) in [5.74, 6) is 2.45. The van der Waals surface area contributed by atoms with Crippen LogP contribution < -0.4 is 4.72 Å². The highest BCUT2D eigenvalue weighted by molar-refractivity contribution is 7.92. The second-order valence-corrected chi connectivity index (χ2v) is 10.1. The van der Waals surface area contributed by atoms with Gasteiger partial charge in [0.2, 0.25) is 10.0 Å². The average Bonchev–Trinajstić information content (AvgIpc) is 3.15. The van der Waals surface area contributed by atoms with E-state index in [4.69, 9.17) is 6.42 Å². The molecule has 0 unspecified atom stereocenters. The van der Waals surface area contributed by atoms with Crippen molar-refractivity contribution in [3.05, 3.63) is 95.4 Å². The Balaban J connectivity index is 1.86. The van der Waals surface area contributed by atoms with Crippen molar-refractivity contribution >= 4 is 26.6 Å². The Morgan fingerprint density at radius 1 is 0.969 bits per heavy atom. The second-order valence-electron chi connectivity index (χ2n) is 8.38. The molecule has 1 N–H and O–H groups in total. The van der Waals surface area contributed by atoms with Crippen LogP contribution >= 0.6 is 0 Å². The molecule has 6 heteroatoms. The van der Waals surface area contributed by atoms with Crippen molar-refractivity contribution in [2.75, 3.05) is 11.0 Å². The molecular formula is C26H23FN2O2S. The summed E-state index contributed by atoms with van der Waals surface area (Å²) < 4.78 is 41.3. The fraction of sp³-hybridized carbons (Fsp3) is 0.154. The maximum absolute atomic E-state index is 13.5. The van der Waals surface area contributed by atoms with Crippen LogP contribution in [0.1, 0.15) is 30.5 Å². The first-order chi connectivity index (χ1) is 15.1. The van der Waals surface area contributed by atoms with Gasteiger partial charge < -0.3 is 4.57 Å². The molecule has 0 aliphatic rings. The third kappa shape index (κ3) is 4.25. The molecule has 32 heavy (non-hydrogen) atoms. The highest BCUT2D eigenvalue weighted by Gasteiger charge is 2.24. The molecule has 0 atom stereocenters. The molecule has 0 aliphatic heterocycles.